The second kappa shape index (κ2) is 5.55. The molecule has 5 nitrogen and oxygen atoms in total. The number of amides is 1. The van der Waals surface area contributed by atoms with Crippen LogP contribution < -0.4 is 5.73 Å². The normalized spacial score (nSPS) is 9.88. The summed E-state index contributed by atoms with van der Waals surface area (Å²) < 4.78 is 18.0. The zero-order chi connectivity index (χ0) is 12.1. The molecule has 0 atom stereocenters. The Labute approximate surface area is 98.9 Å². The Balaban J connectivity index is 2.94. The van der Waals surface area contributed by atoms with Crippen molar-refractivity contribution in [3.63, 3.8) is 0 Å². The molecule has 0 unspecified atom stereocenters. The highest BCUT2D eigenvalue weighted by Crippen LogP contribution is 2.13. The van der Waals surface area contributed by atoms with Crippen molar-refractivity contribution in [2.75, 3.05) is 5.33 Å². The lowest BCUT2D eigenvalue weighted by molar-refractivity contribution is 0.101. The Morgan fingerprint density at radius 3 is 2.81 bits per heavy atom. The van der Waals surface area contributed by atoms with Crippen LogP contribution in [-0.2, 0) is 11.3 Å². The number of carbonyl (C=O) groups excluding carboxylic acids is 2. The number of ether oxygens (including phenoxy) is 1. The first-order chi connectivity index (χ1) is 7.56. The summed E-state index contributed by atoms with van der Waals surface area (Å²) in [4.78, 5) is 25.3. The lowest BCUT2D eigenvalue weighted by Crippen LogP contribution is -2.15. The molecule has 0 fully saturated rings. The van der Waals surface area contributed by atoms with E-state index in [1.165, 1.54) is 12.3 Å². The molecular formula is C9H8BrFN2O3. The third-order valence-electron chi connectivity index (χ3n) is 1.73. The second-order valence-electron chi connectivity index (χ2n) is 2.78. The van der Waals surface area contributed by atoms with Crippen LogP contribution in [0.2, 0.25) is 0 Å². The number of rotatable bonds is 4. The molecule has 1 aromatic rings. The summed E-state index contributed by atoms with van der Waals surface area (Å²) in [7, 11) is 0. The summed E-state index contributed by atoms with van der Waals surface area (Å²) in [5, 5.41) is 0.00402. The molecule has 1 rings (SSSR count). The van der Waals surface area contributed by atoms with Gasteiger partial charge >= 0.3 is 6.09 Å². The van der Waals surface area contributed by atoms with Crippen LogP contribution in [0.5, 0.6) is 0 Å². The molecule has 1 aromatic heterocycles. The first-order valence-corrected chi connectivity index (χ1v) is 5.33. The summed E-state index contributed by atoms with van der Waals surface area (Å²) in [6, 6.07) is 1.26. The number of hydrogen-bond acceptors (Lipinski definition) is 4. The minimum atomic E-state index is -1.03. The average molecular weight is 291 g/mol. The zero-order valence-electron chi connectivity index (χ0n) is 8.07. The number of carbonyl (C=O) groups is 2. The number of alkyl halides is 1. The van der Waals surface area contributed by atoms with E-state index in [-0.39, 0.29) is 16.6 Å². The molecule has 86 valence electrons. The van der Waals surface area contributed by atoms with Gasteiger partial charge in [-0.1, -0.05) is 15.9 Å². The van der Waals surface area contributed by atoms with E-state index in [9.17, 15) is 14.0 Å². The maximum Gasteiger partial charge on any atom is 0.404 e. The van der Waals surface area contributed by atoms with Gasteiger partial charge in [-0.15, -0.1) is 0 Å². The molecule has 0 aliphatic heterocycles. The van der Waals surface area contributed by atoms with Crippen LogP contribution >= 0.6 is 15.9 Å². The molecule has 1 heterocycles. The van der Waals surface area contributed by atoms with Crippen LogP contribution in [0.3, 0.4) is 0 Å². The van der Waals surface area contributed by atoms with Crippen LogP contribution in [0, 0.1) is 5.82 Å². The molecule has 0 aliphatic rings. The predicted octanol–water partition coefficient (Wildman–Crippen LogP) is 1.39. The Morgan fingerprint density at radius 2 is 2.25 bits per heavy atom. The van der Waals surface area contributed by atoms with Crippen molar-refractivity contribution in [3.8, 4) is 0 Å². The van der Waals surface area contributed by atoms with Crippen molar-refractivity contribution < 1.29 is 18.7 Å². The minimum absolute atomic E-state index is 0.00402. The van der Waals surface area contributed by atoms with E-state index in [0.29, 0.717) is 0 Å². The van der Waals surface area contributed by atoms with Crippen LogP contribution in [0.25, 0.3) is 0 Å². The number of ketones is 1. The van der Waals surface area contributed by atoms with Crippen molar-refractivity contribution in [1.82, 2.24) is 4.98 Å². The van der Waals surface area contributed by atoms with Gasteiger partial charge in [0.1, 0.15) is 12.3 Å². The maximum absolute atomic E-state index is 13.6. The van der Waals surface area contributed by atoms with Gasteiger partial charge in [-0.05, 0) is 6.07 Å². The van der Waals surface area contributed by atoms with E-state index in [1.54, 1.807) is 0 Å². The zero-order valence-corrected chi connectivity index (χ0v) is 9.66. The molecule has 2 N–H and O–H groups in total. The largest absolute Gasteiger partial charge is 0.443 e. The third-order valence-corrected chi connectivity index (χ3v) is 2.24. The topological polar surface area (TPSA) is 82.3 Å². The van der Waals surface area contributed by atoms with Gasteiger partial charge in [0.2, 0.25) is 0 Å². The summed E-state index contributed by atoms with van der Waals surface area (Å²) in [6.45, 7) is -0.398. The molecular weight excluding hydrogens is 283 g/mol. The lowest BCUT2D eigenvalue weighted by Gasteiger charge is -2.05. The number of aromatic nitrogens is 1. The average Bonchev–Trinajstić information content (AvgIpc) is 2.26. The number of hydrogen-bond donors (Lipinski definition) is 1. The van der Waals surface area contributed by atoms with Gasteiger partial charge in [0.05, 0.1) is 10.9 Å². The van der Waals surface area contributed by atoms with E-state index < -0.39 is 24.3 Å². The molecule has 0 bridgehead atoms. The summed E-state index contributed by atoms with van der Waals surface area (Å²) in [6.07, 6.45) is 0.233. The Bertz CT molecular complexity index is 425. The van der Waals surface area contributed by atoms with Gasteiger partial charge in [0.15, 0.2) is 11.6 Å². The Morgan fingerprint density at radius 1 is 1.56 bits per heavy atom. The smallest absolute Gasteiger partial charge is 0.404 e. The van der Waals surface area contributed by atoms with Crippen LogP contribution in [-0.4, -0.2) is 22.2 Å². The fraction of sp³-hybridized carbons (Fsp3) is 0.222. The number of nitrogens with zero attached hydrogens (tertiary/aromatic N) is 1. The van der Waals surface area contributed by atoms with E-state index in [1.807, 2.05) is 0 Å². The number of primary amides is 1. The molecule has 1 amide bonds. The number of Topliss-reactive ketones (excluding diaryl/α,β-unsaturated/α-hetero) is 1. The standard InChI is InChI=1S/C9H8BrFN2O3/c10-3-7(14)5-1-2-13-6(8(5)11)4-16-9(12)15/h1-2H,3-4H2,(H2,12,15). The van der Waals surface area contributed by atoms with Crippen molar-refractivity contribution in [1.29, 1.82) is 0 Å². The first-order valence-electron chi connectivity index (χ1n) is 4.21. The number of nitrogens with two attached hydrogens (primary N) is 1. The highest BCUT2D eigenvalue weighted by molar-refractivity contribution is 9.09. The highest BCUT2D eigenvalue weighted by Gasteiger charge is 2.15. The summed E-state index contributed by atoms with van der Waals surface area (Å²) >= 11 is 2.93. The predicted molar refractivity (Wildman–Crippen MR) is 56.7 cm³/mol. The molecule has 0 saturated carbocycles. The van der Waals surface area contributed by atoms with Crippen molar-refractivity contribution in [2.24, 2.45) is 5.73 Å². The van der Waals surface area contributed by atoms with Crippen molar-refractivity contribution in [3.05, 3.63) is 29.3 Å². The van der Waals surface area contributed by atoms with E-state index >= 15 is 0 Å². The van der Waals surface area contributed by atoms with Gasteiger partial charge in [0.25, 0.3) is 0 Å². The molecule has 0 spiro atoms. The molecule has 0 saturated heterocycles. The second-order valence-corrected chi connectivity index (χ2v) is 3.34. The van der Waals surface area contributed by atoms with Crippen LogP contribution in [0.4, 0.5) is 9.18 Å². The monoisotopic (exact) mass is 290 g/mol. The molecule has 0 radical (unpaired) electrons. The summed E-state index contributed by atoms with van der Waals surface area (Å²) in [5.41, 5.74) is 4.49. The van der Waals surface area contributed by atoms with Gasteiger partial charge in [-0.2, -0.15) is 0 Å². The molecule has 0 aliphatic carbocycles. The highest BCUT2D eigenvalue weighted by atomic mass is 79.9. The van der Waals surface area contributed by atoms with Crippen LogP contribution in [0.1, 0.15) is 16.1 Å². The first kappa shape index (κ1) is 12.6. The Hall–Kier alpha value is -1.50. The molecule has 0 aromatic carbocycles. The van der Waals surface area contributed by atoms with Gasteiger partial charge in [0, 0.05) is 6.20 Å². The van der Waals surface area contributed by atoms with Crippen LogP contribution in [0.15, 0.2) is 12.3 Å². The fourth-order valence-electron chi connectivity index (χ4n) is 1.01. The lowest BCUT2D eigenvalue weighted by atomic mass is 10.1. The number of halogens is 2. The van der Waals surface area contributed by atoms with Gasteiger partial charge in [-0.3, -0.25) is 9.78 Å². The van der Waals surface area contributed by atoms with E-state index in [4.69, 9.17) is 5.73 Å². The Kier molecular flexibility index (Phi) is 4.36. The SMILES string of the molecule is NC(=O)OCc1nccc(C(=O)CBr)c1F. The number of pyridine rings is 1. The molecule has 7 heteroatoms. The van der Waals surface area contributed by atoms with Crippen molar-refractivity contribution in [2.45, 2.75) is 6.61 Å². The van der Waals surface area contributed by atoms with E-state index in [0.717, 1.165) is 0 Å². The summed E-state index contributed by atoms with van der Waals surface area (Å²) in [5.74, 6) is -1.21. The fourth-order valence-corrected chi connectivity index (χ4v) is 1.32. The van der Waals surface area contributed by atoms with Crippen molar-refractivity contribution >= 4 is 27.8 Å². The quantitative estimate of drug-likeness (QED) is 0.671. The minimum Gasteiger partial charge on any atom is -0.443 e. The van der Waals surface area contributed by atoms with E-state index in [2.05, 4.69) is 25.7 Å². The van der Waals surface area contributed by atoms with Gasteiger partial charge < -0.3 is 10.5 Å². The van der Waals surface area contributed by atoms with Gasteiger partial charge in [-0.25, -0.2) is 9.18 Å². The molecule has 16 heavy (non-hydrogen) atoms. The third kappa shape index (κ3) is 2.99. The maximum atomic E-state index is 13.6.